The lowest BCUT2D eigenvalue weighted by atomic mass is 9.85. The van der Waals surface area contributed by atoms with Gasteiger partial charge >= 0.3 is 0 Å². The predicted molar refractivity (Wildman–Crippen MR) is 120 cm³/mol. The molecular weight excluding hydrogens is 358 g/mol. The van der Waals surface area contributed by atoms with Crippen LogP contribution < -0.4 is 4.90 Å². The number of rotatable bonds is 2. The van der Waals surface area contributed by atoms with Gasteiger partial charge in [0.1, 0.15) is 0 Å². The maximum Gasteiger partial charge on any atom is 0.197 e. The number of benzene rings is 2. The molecule has 0 unspecified atom stereocenters. The molecular formula is C26H27NO2. The van der Waals surface area contributed by atoms with Crippen LogP contribution in [0.25, 0.3) is 11.6 Å². The molecule has 2 aliphatic rings. The molecule has 0 saturated carbocycles. The second kappa shape index (κ2) is 6.55. The van der Waals surface area contributed by atoms with Gasteiger partial charge in [-0.1, -0.05) is 30.3 Å². The normalized spacial score (nSPS) is 17.4. The highest BCUT2D eigenvalue weighted by Gasteiger charge is 2.35. The molecule has 3 nitrogen and oxygen atoms in total. The summed E-state index contributed by atoms with van der Waals surface area (Å²) in [7, 11) is 0. The molecule has 0 bridgehead atoms. The Morgan fingerprint density at radius 3 is 2.07 bits per heavy atom. The van der Waals surface area contributed by atoms with Crippen molar-refractivity contribution in [3.63, 3.8) is 0 Å². The van der Waals surface area contributed by atoms with E-state index in [-0.39, 0.29) is 22.7 Å². The molecule has 0 aromatic heterocycles. The molecule has 0 amide bonds. The average molecular weight is 386 g/mol. The highest BCUT2D eigenvalue weighted by molar-refractivity contribution is 6.41. The maximum absolute atomic E-state index is 12.8. The first kappa shape index (κ1) is 19.4. The van der Waals surface area contributed by atoms with E-state index >= 15 is 0 Å². The molecule has 0 spiro atoms. The number of aryl methyl sites for hydroxylation is 1. The van der Waals surface area contributed by atoms with Gasteiger partial charge in [-0.2, -0.15) is 0 Å². The minimum Gasteiger partial charge on any atom is -0.360 e. The zero-order valence-corrected chi connectivity index (χ0v) is 18.0. The second-order valence-corrected chi connectivity index (χ2v) is 8.93. The van der Waals surface area contributed by atoms with Gasteiger partial charge in [0, 0.05) is 28.4 Å². The number of ketones is 2. The van der Waals surface area contributed by atoms with Gasteiger partial charge in [-0.3, -0.25) is 9.59 Å². The standard InChI is InChI=1S/C26H27NO2/c1-15(2)27-23-11-16(3)18(12-21(23)17(4)14-26(27,5)6)13-22-24(28)19-9-7-8-10-20(19)25(22)29/h7-15H,1-6H3. The number of carbonyl (C=O) groups is 2. The van der Waals surface area contributed by atoms with Gasteiger partial charge in [0.25, 0.3) is 0 Å². The van der Waals surface area contributed by atoms with Gasteiger partial charge in [-0.25, -0.2) is 0 Å². The van der Waals surface area contributed by atoms with Crippen molar-refractivity contribution in [2.24, 2.45) is 0 Å². The van der Waals surface area contributed by atoms with Crippen LogP contribution in [0.4, 0.5) is 5.69 Å². The Hall–Kier alpha value is -2.94. The minimum atomic E-state index is -0.181. The number of anilines is 1. The molecule has 0 fully saturated rings. The van der Waals surface area contributed by atoms with Crippen molar-refractivity contribution >= 4 is 28.9 Å². The number of hydrogen-bond donors (Lipinski definition) is 0. The number of fused-ring (bicyclic) bond motifs is 2. The number of hydrogen-bond acceptors (Lipinski definition) is 3. The monoisotopic (exact) mass is 385 g/mol. The molecule has 0 saturated heterocycles. The lowest BCUT2D eigenvalue weighted by Crippen LogP contribution is -2.49. The molecule has 29 heavy (non-hydrogen) atoms. The van der Waals surface area contributed by atoms with Crippen LogP contribution in [0.1, 0.15) is 72.0 Å². The van der Waals surface area contributed by atoms with Crippen LogP contribution in [0.5, 0.6) is 0 Å². The third kappa shape index (κ3) is 2.96. The fraction of sp³-hybridized carbons (Fsp3) is 0.308. The Morgan fingerprint density at radius 1 is 0.931 bits per heavy atom. The van der Waals surface area contributed by atoms with Crippen molar-refractivity contribution in [1.82, 2.24) is 0 Å². The smallest absolute Gasteiger partial charge is 0.197 e. The van der Waals surface area contributed by atoms with Gasteiger partial charge < -0.3 is 4.90 Å². The average Bonchev–Trinajstić information content (AvgIpc) is 2.87. The Morgan fingerprint density at radius 2 is 1.52 bits per heavy atom. The summed E-state index contributed by atoms with van der Waals surface area (Å²) in [5.74, 6) is -0.361. The van der Waals surface area contributed by atoms with Crippen LogP contribution in [-0.2, 0) is 0 Å². The van der Waals surface area contributed by atoms with Gasteiger partial charge in [0.05, 0.1) is 11.1 Å². The largest absolute Gasteiger partial charge is 0.360 e. The zero-order chi connectivity index (χ0) is 21.1. The first-order chi connectivity index (χ1) is 13.6. The Balaban J connectivity index is 1.85. The minimum absolute atomic E-state index is 0.0727. The fourth-order valence-corrected chi connectivity index (χ4v) is 4.87. The van der Waals surface area contributed by atoms with E-state index in [1.54, 1.807) is 30.3 Å². The molecule has 1 aliphatic heterocycles. The van der Waals surface area contributed by atoms with E-state index in [9.17, 15) is 9.59 Å². The Kier molecular flexibility index (Phi) is 4.38. The molecule has 1 heterocycles. The number of carbonyl (C=O) groups excluding carboxylic acids is 2. The summed E-state index contributed by atoms with van der Waals surface area (Å²) < 4.78 is 0. The first-order valence-electron chi connectivity index (χ1n) is 10.2. The molecule has 1 aliphatic carbocycles. The third-order valence-electron chi connectivity index (χ3n) is 5.98. The lowest BCUT2D eigenvalue weighted by molar-refractivity contribution is 0.0990. The summed E-state index contributed by atoms with van der Waals surface area (Å²) in [6.07, 6.45) is 4.07. The number of Topliss-reactive ketones (excluding diaryl/α,β-unsaturated/α-hetero) is 2. The maximum atomic E-state index is 12.8. The van der Waals surface area contributed by atoms with Crippen LogP contribution in [0.2, 0.25) is 0 Å². The predicted octanol–water partition coefficient (Wildman–Crippen LogP) is 5.87. The zero-order valence-electron chi connectivity index (χ0n) is 18.0. The van der Waals surface area contributed by atoms with E-state index in [4.69, 9.17) is 0 Å². The molecule has 0 atom stereocenters. The van der Waals surface area contributed by atoms with Crippen molar-refractivity contribution in [1.29, 1.82) is 0 Å². The topological polar surface area (TPSA) is 37.4 Å². The van der Waals surface area contributed by atoms with E-state index in [2.05, 4.69) is 57.7 Å². The summed E-state index contributed by atoms with van der Waals surface area (Å²) in [6, 6.07) is 11.7. The van der Waals surface area contributed by atoms with Crippen LogP contribution in [0, 0.1) is 6.92 Å². The number of allylic oxidation sites excluding steroid dienone is 2. The lowest BCUT2D eigenvalue weighted by Gasteiger charge is -2.46. The molecule has 2 aromatic rings. The van der Waals surface area contributed by atoms with E-state index in [0.29, 0.717) is 17.2 Å². The summed E-state index contributed by atoms with van der Waals surface area (Å²) in [6.45, 7) is 13.1. The molecule has 148 valence electrons. The summed E-state index contributed by atoms with van der Waals surface area (Å²) >= 11 is 0. The van der Waals surface area contributed by atoms with Gasteiger partial charge in [-0.15, -0.1) is 0 Å². The van der Waals surface area contributed by atoms with E-state index in [1.165, 1.54) is 11.3 Å². The van der Waals surface area contributed by atoms with Gasteiger partial charge in [0.2, 0.25) is 0 Å². The first-order valence-corrected chi connectivity index (χ1v) is 10.2. The van der Waals surface area contributed by atoms with E-state index < -0.39 is 0 Å². The fourth-order valence-electron chi connectivity index (χ4n) is 4.87. The van der Waals surface area contributed by atoms with Crippen LogP contribution >= 0.6 is 0 Å². The summed E-state index contributed by atoms with van der Waals surface area (Å²) in [4.78, 5) is 28.0. The highest BCUT2D eigenvalue weighted by Crippen LogP contribution is 2.42. The van der Waals surface area contributed by atoms with Crippen molar-refractivity contribution < 1.29 is 9.59 Å². The molecule has 2 aromatic carbocycles. The van der Waals surface area contributed by atoms with Crippen LogP contribution in [-0.4, -0.2) is 23.1 Å². The van der Waals surface area contributed by atoms with Crippen molar-refractivity contribution in [3.8, 4) is 0 Å². The van der Waals surface area contributed by atoms with E-state index in [0.717, 1.165) is 16.7 Å². The van der Waals surface area contributed by atoms with E-state index in [1.807, 2.05) is 6.92 Å². The molecule has 3 heteroatoms. The van der Waals surface area contributed by atoms with Gasteiger partial charge in [0.15, 0.2) is 11.6 Å². The summed E-state index contributed by atoms with van der Waals surface area (Å²) in [5, 5.41) is 0. The molecule has 4 rings (SSSR count). The molecule has 0 radical (unpaired) electrons. The Labute approximate surface area is 172 Å². The van der Waals surface area contributed by atoms with Crippen molar-refractivity contribution in [2.75, 3.05) is 4.90 Å². The SMILES string of the molecule is CC1=CC(C)(C)N(C(C)C)c2cc(C)c(C=C3C(=O)c4ccccc4C3=O)cc21. The molecule has 0 N–H and O–H groups in total. The van der Waals surface area contributed by atoms with Crippen LogP contribution in [0.15, 0.2) is 48.0 Å². The third-order valence-corrected chi connectivity index (χ3v) is 5.98. The Bertz CT molecular complexity index is 1080. The second-order valence-electron chi connectivity index (χ2n) is 8.93. The number of nitrogens with zero attached hydrogens (tertiary/aromatic N) is 1. The summed E-state index contributed by atoms with van der Waals surface area (Å²) in [5.41, 5.74) is 6.75. The van der Waals surface area contributed by atoms with Crippen molar-refractivity contribution in [3.05, 3.63) is 75.9 Å². The van der Waals surface area contributed by atoms with Crippen LogP contribution in [0.3, 0.4) is 0 Å². The quantitative estimate of drug-likeness (QED) is 0.479. The van der Waals surface area contributed by atoms with Crippen molar-refractivity contribution in [2.45, 2.75) is 53.1 Å². The van der Waals surface area contributed by atoms with Gasteiger partial charge in [-0.05, 0) is 76.5 Å². The highest BCUT2D eigenvalue weighted by atomic mass is 16.2.